The van der Waals surface area contributed by atoms with Crippen molar-refractivity contribution in [3.63, 3.8) is 0 Å². The van der Waals surface area contributed by atoms with Crippen molar-refractivity contribution in [1.82, 2.24) is 10.6 Å². The molecular formula is C15H16N2O3S. The van der Waals surface area contributed by atoms with Crippen LogP contribution in [0.4, 0.5) is 0 Å². The number of benzene rings is 1. The molecule has 0 radical (unpaired) electrons. The van der Waals surface area contributed by atoms with Gasteiger partial charge in [-0.3, -0.25) is 4.79 Å². The number of hydrogen-bond acceptors (Lipinski definition) is 4. The number of carboxylic acids is 1. The van der Waals surface area contributed by atoms with Crippen LogP contribution < -0.4 is 10.6 Å². The first-order valence-corrected chi connectivity index (χ1v) is 7.30. The summed E-state index contributed by atoms with van der Waals surface area (Å²) >= 11 is 1.21. The van der Waals surface area contributed by atoms with Gasteiger partial charge in [0.1, 0.15) is 4.88 Å². The Labute approximate surface area is 126 Å². The fourth-order valence-electron chi connectivity index (χ4n) is 1.75. The summed E-state index contributed by atoms with van der Waals surface area (Å²) in [4.78, 5) is 23.6. The number of amides is 1. The Bertz CT molecular complexity index is 610. The normalized spacial score (nSPS) is 10.3. The van der Waals surface area contributed by atoms with E-state index in [1.165, 1.54) is 11.3 Å². The zero-order chi connectivity index (χ0) is 15.1. The van der Waals surface area contributed by atoms with Gasteiger partial charge in [0.25, 0.3) is 0 Å². The lowest BCUT2D eigenvalue weighted by atomic mass is 10.2. The smallest absolute Gasteiger partial charge is 0.345 e. The fraction of sp³-hybridized carbons (Fsp3) is 0.200. The summed E-state index contributed by atoms with van der Waals surface area (Å²) in [5.74, 6) is -1.01. The predicted molar refractivity (Wildman–Crippen MR) is 81.3 cm³/mol. The highest BCUT2D eigenvalue weighted by molar-refractivity contribution is 7.13. The highest BCUT2D eigenvalue weighted by Gasteiger charge is 2.07. The van der Waals surface area contributed by atoms with E-state index in [2.05, 4.69) is 10.6 Å². The molecular weight excluding hydrogens is 288 g/mol. The first-order chi connectivity index (χ1) is 10.1. The van der Waals surface area contributed by atoms with Crippen LogP contribution in [0.1, 0.15) is 20.1 Å². The average molecular weight is 304 g/mol. The van der Waals surface area contributed by atoms with E-state index in [0.29, 0.717) is 18.0 Å². The maximum Gasteiger partial charge on any atom is 0.345 e. The molecule has 2 rings (SSSR count). The highest BCUT2D eigenvalue weighted by Crippen LogP contribution is 2.15. The first-order valence-electron chi connectivity index (χ1n) is 6.48. The van der Waals surface area contributed by atoms with Crippen LogP contribution in [0.25, 0.3) is 0 Å². The average Bonchev–Trinajstić information content (AvgIpc) is 2.95. The van der Waals surface area contributed by atoms with Crippen molar-refractivity contribution in [3.8, 4) is 0 Å². The second-order valence-electron chi connectivity index (χ2n) is 4.44. The molecule has 0 aliphatic heterocycles. The van der Waals surface area contributed by atoms with E-state index in [1.807, 2.05) is 30.3 Å². The molecule has 0 fully saturated rings. The SMILES string of the molecule is O=C(CNCc1ccc(C(=O)O)s1)NCc1ccccc1. The lowest BCUT2D eigenvalue weighted by molar-refractivity contribution is -0.120. The number of thiophene rings is 1. The van der Waals surface area contributed by atoms with Gasteiger partial charge in [-0.05, 0) is 17.7 Å². The van der Waals surface area contributed by atoms with Gasteiger partial charge in [0.05, 0.1) is 6.54 Å². The molecule has 1 heterocycles. The van der Waals surface area contributed by atoms with Crippen LogP contribution in [0.3, 0.4) is 0 Å². The zero-order valence-electron chi connectivity index (χ0n) is 11.3. The van der Waals surface area contributed by atoms with Gasteiger partial charge >= 0.3 is 5.97 Å². The number of rotatable bonds is 7. The van der Waals surface area contributed by atoms with Gasteiger partial charge in [0.2, 0.25) is 5.91 Å². The topological polar surface area (TPSA) is 78.4 Å². The molecule has 0 aliphatic carbocycles. The molecule has 0 spiro atoms. The molecule has 21 heavy (non-hydrogen) atoms. The number of hydrogen-bond donors (Lipinski definition) is 3. The Morgan fingerprint density at radius 2 is 1.81 bits per heavy atom. The third kappa shape index (κ3) is 5.02. The summed E-state index contributed by atoms with van der Waals surface area (Å²) in [5, 5.41) is 14.6. The number of nitrogens with one attached hydrogen (secondary N) is 2. The van der Waals surface area contributed by atoms with E-state index in [4.69, 9.17) is 5.11 Å². The van der Waals surface area contributed by atoms with Gasteiger partial charge in [-0.2, -0.15) is 0 Å². The van der Waals surface area contributed by atoms with Gasteiger partial charge < -0.3 is 15.7 Å². The van der Waals surface area contributed by atoms with E-state index in [-0.39, 0.29) is 12.5 Å². The summed E-state index contributed by atoms with van der Waals surface area (Å²) in [6.07, 6.45) is 0. The van der Waals surface area contributed by atoms with Crippen LogP contribution in [-0.4, -0.2) is 23.5 Å². The molecule has 0 unspecified atom stereocenters. The number of carboxylic acid groups (broad SMARTS) is 1. The molecule has 0 atom stereocenters. The molecule has 6 heteroatoms. The minimum Gasteiger partial charge on any atom is -0.477 e. The molecule has 5 nitrogen and oxygen atoms in total. The van der Waals surface area contributed by atoms with Gasteiger partial charge in [-0.25, -0.2) is 4.79 Å². The Hall–Kier alpha value is -2.18. The quantitative estimate of drug-likeness (QED) is 0.729. The van der Waals surface area contributed by atoms with E-state index in [1.54, 1.807) is 12.1 Å². The molecule has 3 N–H and O–H groups in total. The monoisotopic (exact) mass is 304 g/mol. The first kappa shape index (κ1) is 15.2. The van der Waals surface area contributed by atoms with Crippen LogP contribution in [-0.2, 0) is 17.9 Å². The molecule has 0 saturated heterocycles. The minimum absolute atomic E-state index is 0.0890. The summed E-state index contributed by atoms with van der Waals surface area (Å²) in [7, 11) is 0. The molecule has 110 valence electrons. The molecule has 0 bridgehead atoms. The lowest BCUT2D eigenvalue weighted by Crippen LogP contribution is -2.33. The number of carbonyl (C=O) groups excluding carboxylic acids is 1. The van der Waals surface area contributed by atoms with Crippen molar-refractivity contribution >= 4 is 23.2 Å². The third-order valence-corrected chi connectivity index (χ3v) is 3.86. The Kier molecular flexibility index (Phi) is 5.48. The molecule has 1 aromatic carbocycles. The summed E-state index contributed by atoms with van der Waals surface area (Å²) in [6, 6.07) is 13.0. The molecule has 0 aliphatic rings. The fourth-order valence-corrected chi connectivity index (χ4v) is 2.56. The molecule has 0 saturated carbocycles. The summed E-state index contributed by atoms with van der Waals surface area (Å²) in [5.41, 5.74) is 1.05. The second-order valence-corrected chi connectivity index (χ2v) is 5.61. The Balaban J connectivity index is 1.68. The largest absolute Gasteiger partial charge is 0.477 e. The van der Waals surface area contributed by atoms with Crippen molar-refractivity contribution in [3.05, 3.63) is 57.8 Å². The van der Waals surface area contributed by atoms with Gasteiger partial charge in [0.15, 0.2) is 0 Å². The summed E-state index contributed by atoms with van der Waals surface area (Å²) in [6.45, 7) is 1.19. The second kappa shape index (κ2) is 7.56. The standard InChI is InChI=1S/C15H16N2O3S/c18-14(17-8-11-4-2-1-3-5-11)10-16-9-12-6-7-13(21-12)15(19)20/h1-7,16H,8-10H2,(H,17,18)(H,19,20). The van der Waals surface area contributed by atoms with Crippen LogP contribution in [0.5, 0.6) is 0 Å². The minimum atomic E-state index is -0.924. The van der Waals surface area contributed by atoms with Crippen LogP contribution in [0.2, 0.25) is 0 Å². The van der Waals surface area contributed by atoms with Crippen molar-refractivity contribution in [2.75, 3.05) is 6.54 Å². The van der Waals surface area contributed by atoms with Crippen LogP contribution in [0.15, 0.2) is 42.5 Å². The van der Waals surface area contributed by atoms with Crippen molar-refractivity contribution in [2.45, 2.75) is 13.1 Å². The van der Waals surface area contributed by atoms with E-state index >= 15 is 0 Å². The van der Waals surface area contributed by atoms with Crippen molar-refractivity contribution in [1.29, 1.82) is 0 Å². The summed E-state index contributed by atoms with van der Waals surface area (Å²) < 4.78 is 0. The predicted octanol–water partition coefficient (Wildman–Crippen LogP) is 1.85. The zero-order valence-corrected chi connectivity index (χ0v) is 12.2. The third-order valence-electron chi connectivity index (χ3n) is 2.79. The Morgan fingerprint density at radius 1 is 1.05 bits per heavy atom. The maximum absolute atomic E-state index is 11.7. The lowest BCUT2D eigenvalue weighted by Gasteiger charge is -2.06. The van der Waals surface area contributed by atoms with Crippen LogP contribution in [0, 0.1) is 0 Å². The maximum atomic E-state index is 11.7. The van der Waals surface area contributed by atoms with Crippen molar-refractivity contribution < 1.29 is 14.7 Å². The van der Waals surface area contributed by atoms with Crippen molar-refractivity contribution in [2.24, 2.45) is 0 Å². The van der Waals surface area contributed by atoms with Gasteiger partial charge in [-0.1, -0.05) is 30.3 Å². The van der Waals surface area contributed by atoms with E-state index in [9.17, 15) is 9.59 Å². The highest BCUT2D eigenvalue weighted by atomic mass is 32.1. The Morgan fingerprint density at radius 3 is 2.48 bits per heavy atom. The number of carbonyl (C=O) groups is 2. The molecule has 2 aromatic rings. The van der Waals surface area contributed by atoms with Gasteiger partial charge in [0, 0.05) is 18.0 Å². The van der Waals surface area contributed by atoms with E-state index < -0.39 is 5.97 Å². The molecule has 1 amide bonds. The van der Waals surface area contributed by atoms with E-state index in [0.717, 1.165) is 10.4 Å². The van der Waals surface area contributed by atoms with Gasteiger partial charge in [-0.15, -0.1) is 11.3 Å². The van der Waals surface area contributed by atoms with Crippen LogP contribution >= 0.6 is 11.3 Å². The molecule has 1 aromatic heterocycles. The number of aromatic carboxylic acids is 1.